The van der Waals surface area contributed by atoms with E-state index in [9.17, 15) is 14.4 Å². The van der Waals surface area contributed by atoms with Gasteiger partial charge in [-0.25, -0.2) is 0 Å². The van der Waals surface area contributed by atoms with Gasteiger partial charge in [0, 0.05) is 19.3 Å². The van der Waals surface area contributed by atoms with E-state index >= 15 is 0 Å². The third-order valence-electron chi connectivity index (χ3n) is 15.3. The first-order valence-corrected chi connectivity index (χ1v) is 35.2. The number of hydrogen-bond acceptors (Lipinski definition) is 6. The molecule has 0 fully saturated rings. The van der Waals surface area contributed by atoms with Crippen LogP contribution in [-0.4, -0.2) is 37.2 Å². The molecular weight excluding hydrogens is 1010 g/mol. The molecule has 6 heteroatoms. The second-order valence-electron chi connectivity index (χ2n) is 23.4. The molecule has 0 aromatic rings. The van der Waals surface area contributed by atoms with Crippen molar-refractivity contribution < 1.29 is 28.6 Å². The summed E-state index contributed by atoms with van der Waals surface area (Å²) in [6.07, 6.45) is 94.3. The summed E-state index contributed by atoms with van der Waals surface area (Å²) in [5.41, 5.74) is 0. The van der Waals surface area contributed by atoms with E-state index in [2.05, 4.69) is 118 Å². The van der Waals surface area contributed by atoms with Crippen molar-refractivity contribution in [3.8, 4) is 0 Å². The van der Waals surface area contributed by atoms with Gasteiger partial charge in [-0.05, 0) is 103 Å². The lowest BCUT2D eigenvalue weighted by atomic mass is 10.0. The summed E-state index contributed by atoms with van der Waals surface area (Å²) in [4.78, 5) is 38.4. The number of unbranched alkanes of at least 4 members (excludes halogenated alkanes) is 37. The van der Waals surface area contributed by atoms with Crippen LogP contribution in [0.4, 0.5) is 0 Å². The average Bonchev–Trinajstić information content (AvgIpc) is 3.47. The van der Waals surface area contributed by atoms with Crippen LogP contribution in [0.15, 0.2) is 97.2 Å². The summed E-state index contributed by atoms with van der Waals surface area (Å²) in [5, 5.41) is 0. The molecule has 0 saturated heterocycles. The fourth-order valence-electron chi connectivity index (χ4n) is 10.1. The number of hydrogen-bond donors (Lipinski definition) is 0. The Labute approximate surface area is 508 Å². The molecule has 0 aromatic carbocycles. The lowest BCUT2D eigenvalue weighted by molar-refractivity contribution is -0.167. The fraction of sp³-hybridized carbons (Fsp3) is 0.750. The summed E-state index contributed by atoms with van der Waals surface area (Å²) in [5.74, 6) is -0.877. The van der Waals surface area contributed by atoms with Crippen molar-refractivity contribution in [1.29, 1.82) is 0 Å². The Bertz CT molecular complexity index is 1590. The first-order valence-electron chi connectivity index (χ1n) is 35.2. The summed E-state index contributed by atoms with van der Waals surface area (Å²) in [6.45, 7) is 6.54. The number of ether oxygens (including phenoxy) is 3. The van der Waals surface area contributed by atoms with Gasteiger partial charge in [-0.1, -0.05) is 323 Å². The van der Waals surface area contributed by atoms with Crippen LogP contribution in [0.5, 0.6) is 0 Å². The van der Waals surface area contributed by atoms with Crippen molar-refractivity contribution in [3.05, 3.63) is 97.2 Å². The minimum absolute atomic E-state index is 0.0798. The molecule has 0 aliphatic rings. The lowest BCUT2D eigenvalue weighted by Crippen LogP contribution is -2.30. The van der Waals surface area contributed by atoms with Gasteiger partial charge >= 0.3 is 17.9 Å². The van der Waals surface area contributed by atoms with E-state index in [1.54, 1.807) is 0 Å². The minimum atomic E-state index is -0.783. The van der Waals surface area contributed by atoms with Gasteiger partial charge < -0.3 is 14.2 Å². The highest BCUT2D eigenvalue weighted by Gasteiger charge is 2.19. The Morgan fingerprint density at radius 1 is 0.256 bits per heavy atom. The van der Waals surface area contributed by atoms with E-state index in [1.165, 1.54) is 193 Å². The third-order valence-corrected chi connectivity index (χ3v) is 15.3. The molecule has 0 radical (unpaired) electrons. The highest BCUT2D eigenvalue weighted by Crippen LogP contribution is 2.17. The number of allylic oxidation sites excluding steroid dienone is 16. The molecule has 0 bridgehead atoms. The molecule has 1 atom stereocenters. The van der Waals surface area contributed by atoms with Gasteiger partial charge in [-0.2, -0.15) is 0 Å². The second-order valence-corrected chi connectivity index (χ2v) is 23.4. The van der Waals surface area contributed by atoms with Gasteiger partial charge in [0.05, 0.1) is 0 Å². The molecule has 0 rings (SSSR count). The van der Waals surface area contributed by atoms with Gasteiger partial charge in [0.1, 0.15) is 13.2 Å². The number of esters is 3. The van der Waals surface area contributed by atoms with Crippen molar-refractivity contribution in [1.82, 2.24) is 0 Å². The molecule has 1 unspecified atom stereocenters. The fourth-order valence-corrected chi connectivity index (χ4v) is 10.1. The minimum Gasteiger partial charge on any atom is -0.462 e. The number of carbonyl (C=O) groups excluding carboxylic acids is 3. The smallest absolute Gasteiger partial charge is 0.306 e. The molecule has 472 valence electrons. The van der Waals surface area contributed by atoms with E-state index in [-0.39, 0.29) is 31.1 Å². The molecule has 0 amide bonds. The quantitative estimate of drug-likeness (QED) is 0.0261. The van der Waals surface area contributed by atoms with Gasteiger partial charge in [-0.3, -0.25) is 14.4 Å². The molecular formula is C76H132O6. The second kappa shape index (κ2) is 69.8. The van der Waals surface area contributed by atoms with Crippen LogP contribution in [0.2, 0.25) is 0 Å². The molecule has 82 heavy (non-hydrogen) atoms. The normalized spacial score (nSPS) is 12.7. The molecule has 0 spiro atoms. The summed E-state index contributed by atoms with van der Waals surface area (Å²) < 4.78 is 17.0. The third kappa shape index (κ3) is 67.1. The van der Waals surface area contributed by atoms with Gasteiger partial charge in [0.25, 0.3) is 0 Å². The van der Waals surface area contributed by atoms with E-state index in [0.29, 0.717) is 19.3 Å². The first-order chi connectivity index (χ1) is 40.5. The van der Waals surface area contributed by atoms with E-state index < -0.39 is 6.10 Å². The summed E-state index contributed by atoms with van der Waals surface area (Å²) in [6, 6.07) is 0. The van der Waals surface area contributed by atoms with Gasteiger partial charge in [-0.15, -0.1) is 0 Å². The zero-order valence-corrected chi connectivity index (χ0v) is 54.2. The summed E-state index contributed by atoms with van der Waals surface area (Å²) >= 11 is 0. The molecule has 0 N–H and O–H groups in total. The van der Waals surface area contributed by atoms with Crippen molar-refractivity contribution in [2.24, 2.45) is 0 Å². The highest BCUT2D eigenvalue weighted by atomic mass is 16.6. The summed E-state index contributed by atoms with van der Waals surface area (Å²) in [7, 11) is 0. The number of rotatable bonds is 64. The maximum Gasteiger partial charge on any atom is 0.306 e. The predicted octanol–water partition coefficient (Wildman–Crippen LogP) is 24.4. The van der Waals surface area contributed by atoms with Crippen LogP contribution in [-0.2, 0) is 28.6 Å². The highest BCUT2D eigenvalue weighted by molar-refractivity contribution is 5.71. The Kier molecular flexibility index (Phi) is 66.7. The SMILES string of the molecule is CC/C=C\C/C=C\C/C=C\C/C=C\C/C=C\C/C=C\C/C=C\CCCCCCCCCCCC(=O)OCC(COC(=O)CCCCCCC/C=C\CCCCC)OC(=O)CCCCCCCCCCCCCCCCCCCCCCC. The monoisotopic (exact) mass is 1140 g/mol. The largest absolute Gasteiger partial charge is 0.462 e. The van der Waals surface area contributed by atoms with Crippen molar-refractivity contribution >= 4 is 17.9 Å². The van der Waals surface area contributed by atoms with E-state index in [4.69, 9.17) is 14.2 Å². The van der Waals surface area contributed by atoms with Crippen molar-refractivity contribution in [2.75, 3.05) is 13.2 Å². The van der Waals surface area contributed by atoms with Crippen LogP contribution >= 0.6 is 0 Å². The molecule has 0 aromatic heterocycles. The van der Waals surface area contributed by atoms with Crippen LogP contribution in [0.3, 0.4) is 0 Å². The Balaban J connectivity index is 4.25. The molecule has 6 nitrogen and oxygen atoms in total. The van der Waals surface area contributed by atoms with Crippen LogP contribution in [0.25, 0.3) is 0 Å². The lowest BCUT2D eigenvalue weighted by Gasteiger charge is -2.18. The predicted molar refractivity (Wildman–Crippen MR) is 357 cm³/mol. The molecule has 0 aliphatic heterocycles. The standard InChI is InChI=1S/C76H132O6/c1-4-7-10-13-16-19-22-25-27-29-31-33-34-35-36-37-38-39-40-41-42-44-45-47-49-51-54-57-60-63-66-69-75(78)81-72-73(71-80-74(77)68-65-62-59-56-53-24-21-18-15-12-9-6-3)82-76(79)70-67-64-61-58-55-52-50-48-46-43-32-30-28-26-23-20-17-14-11-8-5-2/h7,10,16,18-19,21,25,27,31,33,35-36,38-39,41-42,73H,4-6,8-9,11-15,17,20,22-24,26,28-30,32,34,37,40,43-72H2,1-3H3/b10-7-,19-16-,21-18-,27-25-,33-31-,36-35-,39-38-,42-41-. The number of carbonyl (C=O) groups is 3. The van der Waals surface area contributed by atoms with Crippen molar-refractivity contribution in [3.63, 3.8) is 0 Å². The molecule has 0 aliphatic carbocycles. The Morgan fingerprint density at radius 2 is 0.476 bits per heavy atom. The van der Waals surface area contributed by atoms with Gasteiger partial charge in [0.15, 0.2) is 6.10 Å². The van der Waals surface area contributed by atoms with Crippen LogP contribution in [0, 0.1) is 0 Å². The van der Waals surface area contributed by atoms with Crippen molar-refractivity contribution in [2.45, 2.75) is 354 Å². The van der Waals surface area contributed by atoms with Gasteiger partial charge in [0.2, 0.25) is 0 Å². The zero-order valence-electron chi connectivity index (χ0n) is 54.2. The molecule has 0 heterocycles. The average molecular weight is 1140 g/mol. The van der Waals surface area contributed by atoms with Crippen LogP contribution < -0.4 is 0 Å². The Morgan fingerprint density at radius 3 is 0.780 bits per heavy atom. The molecule has 0 saturated carbocycles. The topological polar surface area (TPSA) is 78.9 Å². The maximum atomic E-state index is 12.9. The maximum absolute atomic E-state index is 12.9. The first kappa shape index (κ1) is 78.3. The zero-order chi connectivity index (χ0) is 59.2. The van der Waals surface area contributed by atoms with Crippen LogP contribution in [0.1, 0.15) is 348 Å². The Hall–Kier alpha value is -3.67. The van der Waals surface area contributed by atoms with E-state index in [0.717, 1.165) is 116 Å². The van der Waals surface area contributed by atoms with E-state index in [1.807, 2.05) is 0 Å².